The van der Waals surface area contributed by atoms with E-state index in [0.717, 1.165) is 45.0 Å². The fourth-order valence-corrected chi connectivity index (χ4v) is 1.84. The molecule has 0 saturated carbocycles. The number of ether oxygens (including phenoxy) is 2. The first-order valence-corrected chi connectivity index (χ1v) is 6.43. The number of rotatable bonds is 9. The largest absolute Gasteiger partial charge is 0.385 e. The van der Waals surface area contributed by atoms with Crippen molar-refractivity contribution in [1.82, 2.24) is 15.1 Å². The highest BCUT2D eigenvalue weighted by Gasteiger charge is 2.07. The predicted molar refractivity (Wildman–Crippen MR) is 71.7 cm³/mol. The van der Waals surface area contributed by atoms with E-state index in [1.807, 2.05) is 18.7 Å². The van der Waals surface area contributed by atoms with Gasteiger partial charge in [-0.25, -0.2) is 0 Å². The Morgan fingerprint density at radius 2 is 2.00 bits per heavy atom. The normalized spacial score (nSPS) is 11.1. The lowest BCUT2D eigenvalue weighted by atomic mass is 10.2. The summed E-state index contributed by atoms with van der Waals surface area (Å²) in [4.78, 5) is 0. The van der Waals surface area contributed by atoms with Crippen molar-refractivity contribution < 1.29 is 9.47 Å². The standard InChI is InChI=1S/C13H25N3O2/c1-11-13(12(2)16(3)15-11)10-14-6-9-18-8-5-7-17-4/h14H,5-10H2,1-4H3. The summed E-state index contributed by atoms with van der Waals surface area (Å²) in [6.45, 7) is 8.13. The first kappa shape index (κ1) is 15.1. The van der Waals surface area contributed by atoms with Gasteiger partial charge in [0.05, 0.1) is 12.3 Å². The van der Waals surface area contributed by atoms with E-state index in [0.29, 0.717) is 0 Å². The molecule has 104 valence electrons. The Morgan fingerprint density at radius 3 is 2.61 bits per heavy atom. The molecule has 0 saturated heterocycles. The van der Waals surface area contributed by atoms with Gasteiger partial charge in [-0.1, -0.05) is 0 Å². The van der Waals surface area contributed by atoms with Crippen molar-refractivity contribution in [2.75, 3.05) is 33.5 Å². The minimum absolute atomic E-state index is 0.738. The highest BCUT2D eigenvalue weighted by atomic mass is 16.5. The van der Waals surface area contributed by atoms with Crippen LogP contribution in [0, 0.1) is 13.8 Å². The van der Waals surface area contributed by atoms with Gasteiger partial charge in [0.15, 0.2) is 0 Å². The number of nitrogens with one attached hydrogen (secondary N) is 1. The van der Waals surface area contributed by atoms with Crippen LogP contribution in [-0.4, -0.2) is 43.3 Å². The van der Waals surface area contributed by atoms with Gasteiger partial charge in [0.2, 0.25) is 0 Å². The highest BCUT2D eigenvalue weighted by molar-refractivity contribution is 5.23. The second kappa shape index (κ2) is 8.24. The van der Waals surface area contributed by atoms with Crippen LogP contribution >= 0.6 is 0 Å². The molecule has 0 amide bonds. The van der Waals surface area contributed by atoms with Gasteiger partial charge in [-0.3, -0.25) is 4.68 Å². The third-order valence-electron chi connectivity index (χ3n) is 3.02. The van der Waals surface area contributed by atoms with Crippen LogP contribution in [0.1, 0.15) is 23.4 Å². The van der Waals surface area contributed by atoms with Crippen LogP contribution in [0.4, 0.5) is 0 Å². The molecule has 0 radical (unpaired) electrons. The van der Waals surface area contributed by atoms with E-state index in [1.54, 1.807) is 7.11 Å². The van der Waals surface area contributed by atoms with Crippen LogP contribution in [0.2, 0.25) is 0 Å². The van der Waals surface area contributed by atoms with Crippen LogP contribution in [0.25, 0.3) is 0 Å². The number of hydrogen-bond donors (Lipinski definition) is 1. The molecule has 5 heteroatoms. The molecule has 0 aliphatic rings. The van der Waals surface area contributed by atoms with Gasteiger partial charge in [-0.05, 0) is 20.3 Å². The van der Waals surface area contributed by atoms with Crippen LogP contribution in [0.3, 0.4) is 0 Å². The summed E-state index contributed by atoms with van der Waals surface area (Å²) < 4.78 is 12.4. The average molecular weight is 255 g/mol. The van der Waals surface area contributed by atoms with E-state index in [-0.39, 0.29) is 0 Å². The molecule has 18 heavy (non-hydrogen) atoms. The summed E-state index contributed by atoms with van der Waals surface area (Å²) in [5, 5.41) is 7.77. The molecule has 0 fully saturated rings. The first-order chi connectivity index (χ1) is 8.66. The number of aryl methyl sites for hydroxylation is 2. The third kappa shape index (κ3) is 4.76. The number of methoxy groups -OCH3 is 1. The molecule has 0 atom stereocenters. The molecule has 0 spiro atoms. The molecule has 0 aromatic carbocycles. The van der Waals surface area contributed by atoms with Crippen LogP contribution in [0.15, 0.2) is 0 Å². The first-order valence-electron chi connectivity index (χ1n) is 6.43. The van der Waals surface area contributed by atoms with Crippen molar-refractivity contribution in [3.63, 3.8) is 0 Å². The maximum Gasteiger partial charge on any atom is 0.0641 e. The maximum atomic E-state index is 5.48. The van der Waals surface area contributed by atoms with E-state index < -0.39 is 0 Å². The Labute approximate surface area is 109 Å². The van der Waals surface area contributed by atoms with Crippen molar-refractivity contribution in [2.45, 2.75) is 26.8 Å². The zero-order valence-corrected chi connectivity index (χ0v) is 12.0. The Kier molecular flexibility index (Phi) is 6.93. The molecule has 1 aromatic heterocycles. The number of aromatic nitrogens is 2. The zero-order valence-electron chi connectivity index (χ0n) is 12.0. The quantitative estimate of drug-likeness (QED) is 0.673. The predicted octanol–water partition coefficient (Wildman–Crippen LogP) is 1.18. The zero-order chi connectivity index (χ0) is 13.4. The fourth-order valence-electron chi connectivity index (χ4n) is 1.84. The lowest BCUT2D eigenvalue weighted by Gasteiger charge is -2.06. The van der Waals surface area contributed by atoms with E-state index in [9.17, 15) is 0 Å². The summed E-state index contributed by atoms with van der Waals surface area (Å²) in [5.41, 5.74) is 3.61. The molecular weight excluding hydrogens is 230 g/mol. The monoisotopic (exact) mass is 255 g/mol. The average Bonchev–Trinajstić information content (AvgIpc) is 2.58. The van der Waals surface area contributed by atoms with Gasteiger partial charge in [0, 0.05) is 51.7 Å². The van der Waals surface area contributed by atoms with Gasteiger partial charge in [0.25, 0.3) is 0 Å². The van der Waals surface area contributed by atoms with Crippen LogP contribution in [0.5, 0.6) is 0 Å². The van der Waals surface area contributed by atoms with E-state index in [1.165, 1.54) is 11.3 Å². The van der Waals surface area contributed by atoms with Gasteiger partial charge in [-0.2, -0.15) is 5.10 Å². The lowest BCUT2D eigenvalue weighted by molar-refractivity contribution is 0.104. The van der Waals surface area contributed by atoms with Crippen LogP contribution in [-0.2, 0) is 23.1 Å². The Balaban J connectivity index is 2.11. The Bertz CT molecular complexity index is 350. The van der Waals surface area contributed by atoms with Gasteiger partial charge >= 0.3 is 0 Å². The van der Waals surface area contributed by atoms with Crippen LogP contribution < -0.4 is 5.32 Å². The van der Waals surface area contributed by atoms with Gasteiger partial charge in [0.1, 0.15) is 0 Å². The summed E-state index contributed by atoms with van der Waals surface area (Å²) in [6.07, 6.45) is 0.956. The maximum absolute atomic E-state index is 5.48. The molecule has 0 unspecified atom stereocenters. The molecule has 0 aliphatic carbocycles. The summed E-state index contributed by atoms with van der Waals surface area (Å²) in [5.74, 6) is 0. The molecule has 1 rings (SSSR count). The van der Waals surface area contributed by atoms with Crippen molar-refractivity contribution in [2.24, 2.45) is 7.05 Å². The Morgan fingerprint density at radius 1 is 1.22 bits per heavy atom. The topological polar surface area (TPSA) is 48.3 Å². The molecule has 1 aromatic rings. The third-order valence-corrected chi connectivity index (χ3v) is 3.02. The number of nitrogens with zero attached hydrogens (tertiary/aromatic N) is 2. The van der Waals surface area contributed by atoms with Crippen molar-refractivity contribution in [3.05, 3.63) is 17.0 Å². The van der Waals surface area contributed by atoms with E-state index >= 15 is 0 Å². The SMILES string of the molecule is COCCCOCCNCc1c(C)nn(C)c1C. The molecule has 0 aliphatic heterocycles. The smallest absolute Gasteiger partial charge is 0.0641 e. The second-order valence-electron chi connectivity index (χ2n) is 4.41. The highest BCUT2D eigenvalue weighted by Crippen LogP contribution is 2.10. The summed E-state index contributed by atoms with van der Waals surface area (Å²) in [7, 11) is 3.69. The molecule has 0 bridgehead atoms. The second-order valence-corrected chi connectivity index (χ2v) is 4.41. The summed E-state index contributed by atoms with van der Waals surface area (Å²) >= 11 is 0. The lowest BCUT2D eigenvalue weighted by Crippen LogP contribution is -2.20. The van der Waals surface area contributed by atoms with Gasteiger partial charge in [-0.15, -0.1) is 0 Å². The minimum atomic E-state index is 0.738. The van der Waals surface area contributed by atoms with E-state index in [4.69, 9.17) is 9.47 Å². The Hall–Kier alpha value is -0.910. The molecule has 5 nitrogen and oxygen atoms in total. The summed E-state index contributed by atoms with van der Waals surface area (Å²) in [6, 6.07) is 0. The van der Waals surface area contributed by atoms with Gasteiger partial charge < -0.3 is 14.8 Å². The van der Waals surface area contributed by atoms with Crippen molar-refractivity contribution in [1.29, 1.82) is 0 Å². The minimum Gasteiger partial charge on any atom is -0.385 e. The molecule has 1 heterocycles. The van der Waals surface area contributed by atoms with Crippen molar-refractivity contribution in [3.8, 4) is 0 Å². The van der Waals surface area contributed by atoms with Crippen molar-refractivity contribution >= 4 is 0 Å². The number of hydrogen-bond acceptors (Lipinski definition) is 4. The molecule has 1 N–H and O–H groups in total. The molecular formula is C13H25N3O2. The fraction of sp³-hybridized carbons (Fsp3) is 0.769. The van der Waals surface area contributed by atoms with E-state index in [2.05, 4.69) is 17.3 Å².